The Labute approximate surface area is 175 Å². The molecule has 30 heavy (non-hydrogen) atoms. The van der Waals surface area contributed by atoms with E-state index in [4.69, 9.17) is 4.74 Å². The Morgan fingerprint density at radius 2 is 1.67 bits per heavy atom. The van der Waals surface area contributed by atoms with Crippen LogP contribution in [0.3, 0.4) is 0 Å². The minimum absolute atomic E-state index is 0.227. The first-order valence-corrected chi connectivity index (χ1v) is 10.8. The molecule has 0 radical (unpaired) electrons. The molecule has 3 rings (SSSR count). The number of hydrogen-bond donors (Lipinski definition) is 1. The lowest BCUT2D eigenvalue weighted by Crippen LogP contribution is -2.56. The number of hydrogen-bond acceptors (Lipinski definition) is 7. The Balaban J connectivity index is 0.000000456. The summed E-state index contributed by atoms with van der Waals surface area (Å²) >= 11 is 0. The van der Waals surface area contributed by atoms with Crippen molar-refractivity contribution in [2.24, 2.45) is 0 Å². The summed E-state index contributed by atoms with van der Waals surface area (Å²) in [4.78, 5) is 15.8. The molecule has 2 aromatic carbocycles. The SMILES string of the molecule is COC(=O)C(C)(COc1ccc(-n2cncn2)cc1)NS(C)(=O)=O.c1ccccc1. The van der Waals surface area contributed by atoms with Gasteiger partial charge in [0.15, 0.2) is 5.54 Å². The van der Waals surface area contributed by atoms with Crippen molar-refractivity contribution in [3.63, 3.8) is 0 Å². The summed E-state index contributed by atoms with van der Waals surface area (Å²) in [6, 6.07) is 18.9. The summed E-state index contributed by atoms with van der Waals surface area (Å²) in [5.74, 6) is -0.281. The number of sulfonamides is 1. The highest BCUT2D eigenvalue weighted by Gasteiger charge is 2.38. The zero-order chi connectivity index (χ0) is 22.0. The molecule has 0 amide bonds. The van der Waals surface area contributed by atoms with Gasteiger partial charge in [0.05, 0.1) is 19.1 Å². The lowest BCUT2D eigenvalue weighted by molar-refractivity contribution is -0.148. The molecule has 0 fully saturated rings. The van der Waals surface area contributed by atoms with Crippen molar-refractivity contribution in [1.82, 2.24) is 19.5 Å². The number of benzene rings is 2. The first-order valence-electron chi connectivity index (χ1n) is 8.89. The maximum Gasteiger partial charge on any atom is 0.330 e. The van der Waals surface area contributed by atoms with E-state index in [2.05, 4.69) is 19.5 Å². The number of methoxy groups -OCH3 is 1. The number of ether oxygens (including phenoxy) is 2. The van der Waals surface area contributed by atoms with Crippen LogP contribution >= 0.6 is 0 Å². The fraction of sp³-hybridized carbons (Fsp3) is 0.250. The fourth-order valence-electron chi connectivity index (χ4n) is 2.41. The summed E-state index contributed by atoms with van der Waals surface area (Å²) in [6.07, 6.45) is 3.93. The smallest absolute Gasteiger partial charge is 0.330 e. The molecule has 1 atom stereocenters. The van der Waals surface area contributed by atoms with Crippen LogP contribution in [0.5, 0.6) is 5.75 Å². The molecule has 1 aromatic heterocycles. The van der Waals surface area contributed by atoms with Crippen LogP contribution in [0.1, 0.15) is 6.92 Å². The van der Waals surface area contributed by atoms with E-state index in [1.807, 2.05) is 36.4 Å². The highest BCUT2D eigenvalue weighted by atomic mass is 32.2. The fourth-order valence-corrected chi connectivity index (χ4v) is 3.37. The maximum absolute atomic E-state index is 11.9. The number of aromatic nitrogens is 3. The molecule has 0 bridgehead atoms. The van der Waals surface area contributed by atoms with Crippen molar-refractivity contribution in [2.75, 3.05) is 20.0 Å². The monoisotopic (exact) mass is 432 g/mol. The summed E-state index contributed by atoms with van der Waals surface area (Å²) < 4.78 is 36.9. The molecule has 0 saturated heterocycles. The molecule has 0 aliphatic rings. The summed E-state index contributed by atoms with van der Waals surface area (Å²) in [5.41, 5.74) is -0.753. The maximum atomic E-state index is 11.9. The van der Waals surface area contributed by atoms with Gasteiger partial charge in [-0.25, -0.2) is 22.9 Å². The van der Waals surface area contributed by atoms with Gasteiger partial charge >= 0.3 is 5.97 Å². The van der Waals surface area contributed by atoms with Crippen LogP contribution in [0.15, 0.2) is 73.3 Å². The van der Waals surface area contributed by atoms with Crippen LogP contribution < -0.4 is 9.46 Å². The van der Waals surface area contributed by atoms with Gasteiger partial charge in [0, 0.05) is 0 Å². The van der Waals surface area contributed by atoms with Gasteiger partial charge in [-0.2, -0.15) is 9.82 Å². The van der Waals surface area contributed by atoms with Gasteiger partial charge in [-0.05, 0) is 31.2 Å². The van der Waals surface area contributed by atoms with Crippen molar-refractivity contribution >= 4 is 16.0 Å². The number of nitrogens with zero attached hydrogens (tertiary/aromatic N) is 3. The lowest BCUT2D eigenvalue weighted by atomic mass is 10.1. The second-order valence-electron chi connectivity index (χ2n) is 6.48. The van der Waals surface area contributed by atoms with E-state index in [0.29, 0.717) is 5.75 Å². The van der Waals surface area contributed by atoms with Crippen LogP contribution in [0.2, 0.25) is 0 Å². The Morgan fingerprint density at radius 3 is 2.10 bits per heavy atom. The van der Waals surface area contributed by atoms with Gasteiger partial charge < -0.3 is 9.47 Å². The normalized spacial score (nSPS) is 12.8. The zero-order valence-electron chi connectivity index (χ0n) is 16.9. The molecule has 0 spiro atoms. The predicted molar refractivity (Wildman–Crippen MR) is 112 cm³/mol. The molecule has 9 nitrogen and oxygen atoms in total. The number of carbonyl (C=O) groups excluding carboxylic acids is 1. The van der Waals surface area contributed by atoms with Gasteiger partial charge in [-0.15, -0.1) is 0 Å². The van der Waals surface area contributed by atoms with Crippen molar-refractivity contribution in [2.45, 2.75) is 12.5 Å². The predicted octanol–water partition coefficient (Wildman–Crippen LogP) is 1.81. The summed E-state index contributed by atoms with van der Waals surface area (Å²) in [5, 5.41) is 4.00. The summed E-state index contributed by atoms with van der Waals surface area (Å²) in [6.45, 7) is 1.17. The van der Waals surface area contributed by atoms with Gasteiger partial charge in [-0.1, -0.05) is 36.4 Å². The highest BCUT2D eigenvalue weighted by molar-refractivity contribution is 7.88. The van der Waals surface area contributed by atoms with E-state index in [1.54, 1.807) is 35.3 Å². The molecule has 160 valence electrons. The first-order chi connectivity index (χ1) is 14.2. The lowest BCUT2D eigenvalue weighted by Gasteiger charge is -2.26. The average Bonchev–Trinajstić information content (AvgIpc) is 3.27. The Hall–Kier alpha value is -3.24. The molecule has 3 aromatic rings. The van der Waals surface area contributed by atoms with E-state index in [1.165, 1.54) is 20.4 Å². The second kappa shape index (κ2) is 10.5. The molecule has 10 heteroatoms. The van der Waals surface area contributed by atoms with Gasteiger partial charge in [0.25, 0.3) is 0 Å². The first kappa shape index (κ1) is 23.0. The van der Waals surface area contributed by atoms with Crippen LogP contribution in [0, 0.1) is 0 Å². The molecule has 0 saturated carbocycles. The minimum atomic E-state index is -3.63. The van der Waals surface area contributed by atoms with Crippen molar-refractivity contribution in [1.29, 1.82) is 0 Å². The average molecular weight is 433 g/mol. The largest absolute Gasteiger partial charge is 0.491 e. The van der Waals surface area contributed by atoms with Crippen LogP contribution in [0.4, 0.5) is 0 Å². The van der Waals surface area contributed by atoms with Crippen molar-refractivity contribution < 1.29 is 22.7 Å². The minimum Gasteiger partial charge on any atom is -0.491 e. The molecule has 1 N–H and O–H groups in total. The van der Waals surface area contributed by atoms with Gasteiger partial charge in [0.1, 0.15) is 25.0 Å². The van der Waals surface area contributed by atoms with Gasteiger partial charge in [-0.3, -0.25) is 0 Å². The number of carbonyl (C=O) groups is 1. The van der Waals surface area contributed by atoms with Crippen LogP contribution in [-0.2, 0) is 19.6 Å². The molecule has 0 aliphatic carbocycles. The third-order valence-corrected chi connectivity index (χ3v) is 4.58. The zero-order valence-corrected chi connectivity index (χ0v) is 17.7. The topological polar surface area (TPSA) is 112 Å². The molecular weight excluding hydrogens is 408 g/mol. The van der Waals surface area contributed by atoms with Crippen LogP contribution in [-0.4, -0.2) is 54.7 Å². The third-order valence-electron chi connectivity index (χ3n) is 3.76. The van der Waals surface area contributed by atoms with Crippen molar-refractivity contribution in [3.05, 3.63) is 73.3 Å². The quantitative estimate of drug-likeness (QED) is 0.567. The number of nitrogens with one attached hydrogen (secondary N) is 1. The Kier molecular flexibility index (Phi) is 8.07. The van der Waals surface area contributed by atoms with E-state index in [9.17, 15) is 13.2 Å². The standard InChI is InChI=1S/C14H18N4O5S.C6H6/c1-14(13(19)22-2,17-24(3,20)21)8-23-12-6-4-11(5-7-12)18-10-15-9-16-18;1-2-4-6-5-3-1/h4-7,9-10,17H,8H2,1-3H3;1-6H. The highest BCUT2D eigenvalue weighted by Crippen LogP contribution is 2.17. The van der Waals surface area contributed by atoms with Crippen molar-refractivity contribution in [3.8, 4) is 11.4 Å². The van der Waals surface area contributed by atoms with E-state index in [-0.39, 0.29) is 6.61 Å². The number of esters is 1. The third kappa shape index (κ3) is 7.30. The molecular formula is C20H24N4O5S. The Bertz CT molecular complexity index is 982. The number of rotatable bonds is 7. The second-order valence-corrected chi connectivity index (χ2v) is 8.22. The summed E-state index contributed by atoms with van der Waals surface area (Å²) in [7, 11) is -2.45. The molecule has 0 aliphatic heterocycles. The Morgan fingerprint density at radius 1 is 1.10 bits per heavy atom. The van der Waals surface area contributed by atoms with E-state index < -0.39 is 21.5 Å². The van der Waals surface area contributed by atoms with E-state index in [0.717, 1.165) is 11.9 Å². The molecule has 1 heterocycles. The van der Waals surface area contributed by atoms with E-state index >= 15 is 0 Å². The molecule has 1 unspecified atom stereocenters. The van der Waals surface area contributed by atoms with Gasteiger partial charge in [0.2, 0.25) is 10.0 Å². The van der Waals surface area contributed by atoms with Crippen LogP contribution in [0.25, 0.3) is 5.69 Å².